The van der Waals surface area contributed by atoms with Crippen LogP contribution in [0.5, 0.6) is 5.75 Å². The molecule has 0 aliphatic rings. The summed E-state index contributed by atoms with van der Waals surface area (Å²) in [5.74, 6) is 1.13. The van der Waals surface area contributed by atoms with Gasteiger partial charge < -0.3 is 9.64 Å². The number of carbonyl (C=O) groups is 1. The Bertz CT molecular complexity index is 776. The van der Waals surface area contributed by atoms with Crippen LogP contribution in [0.25, 0.3) is 0 Å². The summed E-state index contributed by atoms with van der Waals surface area (Å²) in [5, 5.41) is 0. The summed E-state index contributed by atoms with van der Waals surface area (Å²) in [4.78, 5) is 14.0. The van der Waals surface area contributed by atoms with E-state index in [1.54, 1.807) is 19.1 Å². The monoisotopic (exact) mass is 373 g/mol. The molecule has 0 aliphatic carbocycles. The average molecular weight is 374 g/mol. The van der Waals surface area contributed by atoms with Crippen LogP contribution in [0.15, 0.2) is 36.4 Å². The van der Waals surface area contributed by atoms with Gasteiger partial charge in [0, 0.05) is 30.1 Å². The van der Waals surface area contributed by atoms with Gasteiger partial charge in [0.25, 0.3) is 0 Å². The van der Waals surface area contributed by atoms with E-state index in [2.05, 4.69) is 19.1 Å². The number of hydrogen-bond donors (Lipinski definition) is 0. The quantitative estimate of drug-likeness (QED) is 0.746. The molecule has 26 heavy (non-hydrogen) atoms. The smallest absolute Gasteiger partial charge is 0.235 e. The van der Waals surface area contributed by atoms with Crippen molar-refractivity contribution in [2.24, 2.45) is 0 Å². The van der Waals surface area contributed by atoms with E-state index in [0.29, 0.717) is 12.3 Å². The molecule has 2 aromatic carbocycles. The standard InChI is InChI=1S/C21H27NO3S/c1-15-10-16(2)20(17(3)11-15)13-26(24)14-21(23)22(4)12-18-6-8-19(25-5)9-7-18/h6-11H,12-14H2,1-5H3/t26-/m1/s1. The fourth-order valence-electron chi connectivity index (χ4n) is 2.99. The van der Waals surface area contributed by atoms with Gasteiger partial charge in [0.2, 0.25) is 5.91 Å². The molecule has 0 saturated carbocycles. The molecule has 0 aromatic heterocycles. The molecule has 5 heteroatoms. The maximum Gasteiger partial charge on any atom is 0.235 e. The minimum atomic E-state index is -1.22. The predicted octanol–water partition coefficient (Wildman–Crippen LogP) is 3.53. The Morgan fingerprint density at radius 2 is 1.65 bits per heavy atom. The van der Waals surface area contributed by atoms with Gasteiger partial charge in [0.05, 0.1) is 7.11 Å². The van der Waals surface area contributed by atoms with Gasteiger partial charge in [0.15, 0.2) is 0 Å². The van der Waals surface area contributed by atoms with Crippen molar-refractivity contribution in [2.75, 3.05) is 19.9 Å². The first-order chi connectivity index (χ1) is 12.3. The number of nitrogens with zero attached hydrogens (tertiary/aromatic N) is 1. The number of carbonyl (C=O) groups excluding carboxylic acids is 1. The van der Waals surface area contributed by atoms with Crippen molar-refractivity contribution in [3.8, 4) is 5.75 Å². The first kappa shape index (κ1) is 20.2. The van der Waals surface area contributed by atoms with Crippen LogP contribution < -0.4 is 4.74 Å². The molecule has 0 radical (unpaired) electrons. The molecule has 4 nitrogen and oxygen atoms in total. The summed E-state index contributed by atoms with van der Waals surface area (Å²) in [5.41, 5.74) is 5.56. The third-order valence-corrected chi connectivity index (χ3v) is 5.61. The summed E-state index contributed by atoms with van der Waals surface area (Å²) in [6.45, 7) is 6.61. The van der Waals surface area contributed by atoms with Crippen LogP contribution in [0.1, 0.15) is 27.8 Å². The zero-order valence-corrected chi connectivity index (χ0v) is 17.0. The topological polar surface area (TPSA) is 46.6 Å². The molecule has 140 valence electrons. The summed E-state index contributed by atoms with van der Waals surface area (Å²) in [6, 6.07) is 11.8. The third kappa shape index (κ3) is 5.43. The predicted molar refractivity (Wildman–Crippen MR) is 107 cm³/mol. The highest BCUT2D eigenvalue weighted by Crippen LogP contribution is 2.18. The highest BCUT2D eigenvalue weighted by atomic mass is 32.2. The van der Waals surface area contributed by atoms with Gasteiger partial charge in [-0.25, -0.2) is 0 Å². The Balaban J connectivity index is 1.94. The van der Waals surface area contributed by atoms with Crippen molar-refractivity contribution in [2.45, 2.75) is 33.1 Å². The number of benzene rings is 2. The lowest BCUT2D eigenvalue weighted by Gasteiger charge is -2.18. The van der Waals surface area contributed by atoms with E-state index in [1.165, 1.54) is 5.56 Å². The van der Waals surface area contributed by atoms with Crippen molar-refractivity contribution in [3.05, 3.63) is 64.2 Å². The molecule has 1 amide bonds. The fraction of sp³-hybridized carbons (Fsp3) is 0.381. The van der Waals surface area contributed by atoms with Crippen LogP contribution in [0.3, 0.4) is 0 Å². The number of amides is 1. The first-order valence-electron chi connectivity index (χ1n) is 8.58. The maximum absolute atomic E-state index is 12.5. The lowest BCUT2D eigenvalue weighted by molar-refractivity contribution is -0.127. The van der Waals surface area contributed by atoms with Crippen LogP contribution >= 0.6 is 0 Å². The van der Waals surface area contributed by atoms with E-state index in [-0.39, 0.29) is 11.7 Å². The molecule has 0 N–H and O–H groups in total. The Labute approximate surface area is 158 Å². The molecular weight excluding hydrogens is 346 g/mol. The van der Waals surface area contributed by atoms with Gasteiger partial charge in [-0.1, -0.05) is 29.8 Å². The normalized spacial score (nSPS) is 11.9. The number of hydrogen-bond acceptors (Lipinski definition) is 3. The number of ether oxygens (including phenoxy) is 1. The van der Waals surface area contributed by atoms with Gasteiger partial charge in [-0.3, -0.25) is 9.00 Å². The molecule has 0 unspecified atom stereocenters. The molecule has 0 aliphatic heterocycles. The molecule has 0 heterocycles. The lowest BCUT2D eigenvalue weighted by Crippen LogP contribution is -2.30. The first-order valence-corrected chi connectivity index (χ1v) is 10.1. The van der Waals surface area contributed by atoms with E-state index >= 15 is 0 Å². The van der Waals surface area contributed by atoms with E-state index in [1.807, 2.05) is 38.1 Å². The van der Waals surface area contributed by atoms with Gasteiger partial charge in [-0.15, -0.1) is 0 Å². The molecule has 0 spiro atoms. The van der Waals surface area contributed by atoms with Crippen LogP contribution in [0.4, 0.5) is 0 Å². The summed E-state index contributed by atoms with van der Waals surface area (Å²) in [7, 11) is 2.14. The number of aryl methyl sites for hydroxylation is 3. The zero-order chi connectivity index (χ0) is 19.3. The van der Waals surface area contributed by atoms with Crippen molar-refractivity contribution in [3.63, 3.8) is 0 Å². The minimum absolute atomic E-state index is 0.0411. The van der Waals surface area contributed by atoms with Gasteiger partial charge in [-0.05, 0) is 55.2 Å². The molecule has 0 fully saturated rings. The van der Waals surface area contributed by atoms with Gasteiger partial charge >= 0.3 is 0 Å². The van der Waals surface area contributed by atoms with Crippen molar-refractivity contribution < 1.29 is 13.7 Å². The largest absolute Gasteiger partial charge is 0.497 e. The molecule has 0 saturated heterocycles. The molecule has 2 aromatic rings. The second-order valence-corrected chi connectivity index (χ2v) is 8.16. The van der Waals surface area contributed by atoms with Crippen molar-refractivity contribution in [1.29, 1.82) is 0 Å². The minimum Gasteiger partial charge on any atom is -0.497 e. The SMILES string of the molecule is COc1ccc(CN(C)C(=O)C[S@](=O)Cc2c(C)cc(C)cc2C)cc1. The second kappa shape index (κ2) is 8.99. The average Bonchev–Trinajstić information content (AvgIpc) is 2.58. The van der Waals surface area contributed by atoms with E-state index in [0.717, 1.165) is 28.0 Å². The zero-order valence-electron chi connectivity index (χ0n) is 16.2. The lowest BCUT2D eigenvalue weighted by atomic mass is 10.0. The molecule has 1 atom stereocenters. The van der Waals surface area contributed by atoms with Crippen LogP contribution in [-0.4, -0.2) is 34.9 Å². The van der Waals surface area contributed by atoms with Gasteiger partial charge in [0.1, 0.15) is 11.5 Å². The Morgan fingerprint density at radius 1 is 1.08 bits per heavy atom. The van der Waals surface area contributed by atoms with E-state index in [4.69, 9.17) is 4.74 Å². The molecule has 0 bridgehead atoms. The Morgan fingerprint density at radius 3 is 2.19 bits per heavy atom. The number of rotatable bonds is 7. The Hall–Kier alpha value is -2.14. The van der Waals surface area contributed by atoms with Gasteiger partial charge in [-0.2, -0.15) is 0 Å². The van der Waals surface area contributed by atoms with Crippen LogP contribution in [0.2, 0.25) is 0 Å². The van der Waals surface area contributed by atoms with Crippen molar-refractivity contribution >= 4 is 16.7 Å². The highest BCUT2D eigenvalue weighted by Gasteiger charge is 2.15. The highest BCUT2D eigenvalue weighted by molar-refractivity contribution is 7.84. The summed E-state index contributed by atoms with van der Waals surface area (Å²) in [6.07, 6.45) is 0. The second-order valence-electron chi connectivity index (χ2n) is 6.70. The van der Waals surface area contributed by atoms with E-state index < -0.39 is 10.8 Å². The van der Waals surface area contributed by atoms with Crippen molar-refractivity contribution in [1.82, 2.24) is 4.90 Å². The third-order valence-electron chi connectivity index (χ3n) is 4.43. The number of methoxy groups -OCH3 is 1. The van der Waals surface area contributed by atoms with Crippen LogP contribution in [-0.2, 0) is 27.9 Å². The molecule has 2 rings (SSSR count). The fourth-order valence-corrected chi connectivity index (χ4v) is 4.37. The summed E-state index contributed by atoms with van der Waals surface area (Å²) >= 11 is 0. The maximum atomic E-state index is 12.5. The Kier molecular flexibility index (Phi) is 6.98. The van der Waals surface area contributed by atoms with E-state index in [9.17, 15) is 9.00 Å². The van der Waals surface area contributed by atoms with Crippen LogP contribution in [0, 0.1) is 20.8 Å². The summed E-state index contributed by atoms with van der Waals surface area (Å²) < 4.78 is 17.6. The molecular formula is C21H27NO3S.